The van der Waals surface area contributed by atoms with Crippen LogP contribution in [0.15, 0.2) is 60.9 Å². The fraction of sp³-hybridized carbons (Fsp3) is 0.379. The SMILES string of the molecule is CCCCCCCOc1ccc(-c2cnc(-c3ccc(C[C@H](N)C(=O)N[C@H](C)C(=O)O)cc3)nc2)cc1. The van der Waals surface area contributed by atoms with Crippen molar-refractivity contribution >= 4 is 11.9 Å². The minimum atomic E-state index is -1.11. The van der Waals surface area contributed by atoms with Gasteiger partial charge in [0.25, 0.3) is 0 Å². The third-order valence-corrected chi connectivity index (χ3v) is 6.09. The number of hydrogen-bond acceptors (Lipinski definition) is 6. The summed E-state index contributed by atoms with van der Waals surface area (Å²) >= 11 is 0. The standard InChI is InChI=1S/C29H36N4O4/c1-3-4-5-6-7-16-37-25-14-12-22(13-15-25)24-18-31-27(32-19-24)23-10-8-21(9-11-23)17-26(30)28(34)33-20(2)29(35)36/h8-15,18-20,26H,3-7,16-17,30H2,1-2H3,(H,33,34)(H,35,36)/t20-,26+/m1/s1. The molecular weight excluding hydrogens is 468 g/mol. The molecule has 1 amide bonds. The number of amides is 1. The molecule has 1 aromatic heterocycles. The second-order valence-electron chi connectivity index (χ2n) is 9.16. The summed E-state index contributed by atoms with van der Waals surface area (Å²) < 4.78 is 5.84. The van der Waals surface area contributed by atoms with Gasteiger partial charge in [-0.15, -0.1) is 0 Å². The zero-order chi connectivity index (χ0) is 26.6. The maximum Gasteiger partial charge on any atom is 0.325 e. The van der Waals surface area contributed by atoms with Crippen LogP contribution in [-0.4, -0.2) is 45.6 Å². The lowest BCUT2D eigenvalue weighted by atomic mass is 10.0. The molecule has 0 radical (unpaired) electrons. The highest BCUT2D eigenvalue weighted by Crippen LogP contribution is 2.23. The van der Waals surface area contributed by atoms with Crippen molar-refractivity contribution in [2.24, 2.45) is 5.73 Å². The Morgan fingerprint density at radius 3 is 2.16 bits per heavy atom. The molecule has 2 aromatic carbocycles. The van der Waals surface area contributed by atoms with E-state index in [1.165, 1.54) is 32.6 Å². The minimum absolute atomic E-state index is 0.289. The molecule has 0 saturated heterocycles. The smallest absolute Gasteiger partial charge is 0.325 e. The fourth-order valence-electron chi connectivity index (χ4n) is 3.78. The Hall–Kier alpha value is -3.78. The van der Waals surface area contributed by atoms with Gasteiger partial charge in [-0.1, -0.05) is 69.0 Å². The van der Waals surface area contributed by atoms with E-state index in [4.69, 9.17) is 15.6 Å². The number of carbonyl (C=O) groups excluding carboxylic acids is 1. The zero-order valence-corrected chi connectivity index (χ0v) is 21.5. The number of rotatable bonds is 14. The van der Waals surface area contributed by atoms with Crippen LogP contribution in [0.25, 0.3) is 22.5 Å². The van der Waals surface area contributed by atoms with Crippen molar-refractivity contribution in [1.82, 2.24) is 15.3 Å². The molecule has 0 spiro atoms. The van der Waals surface area contributed by atoms with E-state index in [-0.39, 0.29) is 6.42 Å². The molecular formula is C29H36N4O4. The Bertz CT molecular complexity index is 1130. The molecule has 4 N–H and O–H groups in total. The average molecular weight is 505 g/mol. The van der Waals surface area contributed by atoms with Crippen LogP contribution in [0.2, 0.25) is 0 Å². The predicted octanol–water partition coefficient (Wildman–Crippen LogP) is 4.62. The van der Waals surface area contributed by atoms with Gasteiger partial charge >= 0.3 is 5.97 Å². The summed E-state index contributed by atoms with van der Waals surface area (Å²) in [5, 5.41) is 11.3. The summed E-state index contributed by atoms with van der Waals surface area (Å²) in [5.41, 5.74) is 9.57. The first kappa shape index (κ1) is 27.8. The van der Waals surface area contributed by atoms with Crippen LogP contribution < -0.4 is 15.8 Å². The van der Waals surface area contributed by atoms with Gasteiger partial charge in [0.15, 0.2) is 5.82 Å². The first-order valence-electron chi connectivity index (χ1n) is 12.8. The third kappa shape index (κ3) is 8.68. The van der Waals surface area contributed by atoms with E-state index in [1.54, 1.807) is 12.4 Å². The number of benzene rings is 2. The summed E-state index contributed by atoms with van der Waals surface area (Å²) in [6.45, 7) is 4.35. The Kier molecular flexibility index (Phi) is 10.6. The minimum Gasteiger partial charge on any atom is -0.494 e. The van der Waals surface area contributed by atoms with Crippen molar-refractivity contribution in [2.75, 3.05) is 6.61 Å². The quantitative estimate of drug-likeness (QED) is 0.273. The van der Waals surface area contributed by atoms with Gasteiger partial charge in [-0.2, -0.15) is 0 Å². The molecule has 0 fully saturated rings. The van der Waals surface area contributed by atoms with Crippen LogP contribution >= 0.6 is 0 Å². The van der Waals surface area contributed by atoms with Crippen LogP contribution in [0, 0.1) is 0 Å². The Balaban J connectivity index is 1.52. The van der Waals surface area contributed by atoms with E-state index in [2.05, 4.69) is 22.2 Å². The molecule has 37 heavy (non-hydrogen) atoms. The summed E-state index contributed by atoms with van der Waals surface area (Å²) in [6, 6.07) is 13.6. The maximum absolute atomic E-state index is 12.1. The van der Waals surface area contributed by atoms with Crippen molar-refractivity contribution in [3.05, 3.63) is 66.5 Å². The number of carbonyl (C=O) groups is 2. The molecule has 0 aliphatic heterocycles. The second-order valence-corrected chi connectivity index (χ2v) is 9.16. The predicted molar refractivity (Wildman–Crippen MR) is 144 cm³/mol. The van der Waals surface area contributed by atoms with Gasteiger partial charge in [-0.25, -0.2) is 9.97 Å². The van der Waals surface area contributed by atoms with E-state index < -0.39 is 24.0 Å². The van der Waals surface area contributed by atoms with Crippen molar-refractivity contribution in [3.63, 3.8) is 0 Å². The van der Waals surface area contributed by atoms with Crippen LogP contribution in [0.3, 0.4) is 0 Å². The summed E-state index contributed by atoms with van der Waals surface area (Å²) in [6.07, 6.45) is 9.95. The molecule has 2 atom stereocenters. The van der Waals surface area contributed by atoms with Crippen LogP contribution in [0.1, 0.15) is 51.5 Å². The number of aliphatic carboxylic acids is 1. The second kappa shape index (κ2) is 14.1. The number of nitrogens with two attached hydrogens (primary N) is 1. The first-order valence-corrected chi connectivity index (χ1v) is 12.8. The molecule has 1 heterocycles. The zero-order valence-electron chi connectivity index (χ0n) is 21.5. The van der Waals surface area contributed by atoms with E-state index in [0.29, 0.717) is 5.82 Å². The van der Waals surface area contributed by atoms with E-state index in [1.807, 2.05) is 48.5 Å². The fourth-order valence-corrected chi connectivity index (χ4v) is 3.78. The number of carboxylic acids is 1. The lowest BCUT2D eigenvalue weighted by Gasteiger charge is -2.15. The Labute approximate surface area is 218 Å². The summed E-state index contributed by atoms with van der Waals surface area (Å²) in [4.78, 5) is 32.0. The molecule has 0 unspecified atom stereocenters. The molecule has 196 valence electrons. The molecule has 0 saturated carbocycles. The lowest BCUT2D eigenvalue weighted by molar-refractivity contribution is -0.141. The molecule has 8 nitrogen and oxygen atoms in total. The van der Waals surface area contributed by atoms with Gasteiger partial charge in [0.1, 0.15) is 11.8 Å². The first-order chi connectivity index (χ1) is 17.9. The monoisotopic (exact) mass is 504 g/mol. The highest BCUT2D eigenvalue weighted by Gasteiger charge is 2.19. The number of nitrogens with zero attached hydrogens (tertiary/aromatic N) is 2. The highest BCUT2D eigenvalue weighted by atomic mass is 16.5. The molecule has 8 heteroatoms. The van der Waals surface area contributed by atoms with Gasteiger partial charge in [-0.05, 0) is 43.0 Å². The maximum atomic E-state index is 12.1. The lowest BCUT2D eigenvalue weighted by Crippen LogP contribution is -2.48. The number of hydrogen-bond donors (Lipinski definition) is 3. The molecule has 3 aromatic rings. The van der Waals surface area contributed by atoms with Crippen LogP contribution in [-0.2, 0) is 16.0 Å². The van der Waals surface area contributed by atoms with Gasteiger partial charge in [0.05, 0.1) is 12.6 Å². The van der Waals surface area contributed by atoms with E-state index in [9.17, 15) is 9.59 Å². The Morgan fingerprint density at radius 2 is 1.54 bits per heavy atom. The van der Waals surface area contributed by atoms with Crippen LogP contribution in [0.4, 0.5) is 0 Å². The van der Waals surface area contributed by atoms with Gasteiger partial charge in [-0.3, -0.25) is 9.59 Å². The van der Waals surface area contributed by atoms with E-state index >= 15 is 0 Å². The largest absolute Gasteiger partial charge is 0.494 e. The van der Waals surface area contributed by atoms with Gasteiger partial charge in [0.2, 0.25) is 5.91 Å². The summed E-state index contributed by atoms with van der Waals surface area (Å²) in [7, 11) is 0. The number of ether oxygens (including phenoxy) is 1. The topological polar surface area (TPSA) is 127 Å². The van der Waals surface area contributed by atoms with E-state index in [0.717, 1.165) is 41.0 Å². The molecule has 3 rings (SSSR count). The van der Waals surface area contributed by atoms with Crippen molar-refractivity contribution in [3.8, 4) is 28.3 Å². The Morgan fingerprint density at radius 1 is 0.919 bits per heavy atom. The number of unbranched alkanes of at least 4 members (excludes halogenated alkanes) is 4. The van der Waals surface area contributed by atoms with Crippen molar-refractivity contribution in [2.45, 2.75) is 64.5 Å². The normalized spacial score (nSPS) is 12.5. The summed E-state index contributed by atoms with van der Waals surface area (Å²) in [5.74, 6) is -0.147. The number of nitrogens with one attached hydrogen (secondary N) is 1. The van der Waals surface area contributed by atoms with Gasteiger partial charge < -0.3 is 20.9 Å². The van der Waals surface area contributed by atoms with Crippen LogP contribution in [0.5, 0.6) is 5.75 Å². The average Bonchev–Trinajstić information content (AvgIpc) is 2.91. The third-order valence-electron chi connectivity index (χ3n) is 6.09. The van der Waals surface area contributed by atoms with Crippen molar-refractivity contribution < 1.29 is 19.4 Å². The molecule has 0 aliphatic rings. The van der Waals surface area contributed by atoms with Gasteiger partial charge in [0, 0.05) is 23.5 Å². The van der Waals surface area contributed by atoms with Crippen molar-refractivity contribution in [1.29, 1.82) is 0 Å². The molecule has 0 aliphatic carbocycles. The number of aromatic nitrogens is 2. The number of carboxylic acid groups (broad SMARTS) is 1. The molecule has 0 bridgehead atoms. The highest BCUT2D eigenvalue weighted by molar-refractivity contribution is 5.86.